The normalized spacial score (nSPS) is 16.9. The first kappa shape index (κ1) is 15.2. The molecule has 25 heavy (non-hydrogen) atoms. The molecule has 0 spiro atoms. The van der Waals surface area contributed by atoms with E-state index in [1.807, 2.05) is 0 Å². The fraction of sp³-hybridized carbons (Fsp3) is 0.188. The molecule has 1 atom stereocenters. The molecule has 4 rings (SSSR count). The number of nitrogens with zero attached hydrogens (tertiary/aromatic N) is 3. The standard InChI is InChI=1S/C16H14FN5O3/c17-13-7-10(1-2-12(13)15-18-4-5-19-15)22-9-11(25-16(22)23)8-20-14-3-6-24-21-14/h1-7,11H,8-9H2,(H,18,19)(H,20,21)/t11-/m0/s1. The zero-order chi connectivity index (χ0) is 17.2. The predicted molar refractivity (Wildman–Crippen MR) is 86.6 cm³/mol. The van der Waals surface area contributed by atoms with Crippen LogP contribution in [-0.4, -0.2) is 40.4 Å². The quantitative estimate of drug-likeness (QED) is 0.739. The molecule has 1 aliphatic heterocycles. The molecule has 3 heterocycles. The van der Waals surface area contributed by atoms with Crippen molar-refractivity contribution in [3.8, 4) is 11.4 Å². The number of ether oxygens (including phenoxy) is 1. The van der Waals surface area contributed by atoms with Crippen LogP contribution < -0.4 is 10.2 Å². The van der Waals surface area contributed by atoms with E-state index in [1.165, 1.54) is 17.2 Å². The first-order chi connectivity index (χ1) is 12.2. The van der Waals surface area contributed by atoms with Gasteiger partial charge in [-0.1, -0.05) is 5.16 Å². The van der Waals surface area contributed by atoms with Gasteiger partial charge in [-0.15, -0.1) is 0 Å². The van der Waals surface area contributed by atoms with Crippen LogP contribution in [-0.2, 0) is 4.74 Å². The van der Waals surface area contributed by atoms with Crippen LogP contribution in [0.5, 0.6) is 0 Å². The number of carbonyl (C=O) groups is 1. The van der Waals surface area contributed by atoms with Crippen molar-refractivity contribution in [1.29, 1.82) is 0 Å². The van der Waals surface area contributed by atoms with E-state index in [9.17, 15) is 9.18 Å². The number of imidazole rings is 1. The molecule has 128 valence electrons. The summed E-state index contributed by atoms with van der Waals surface area (Å²) in [6.07, 6.45) is 3.72. The third kappa shape index (κ3) is 3.03. The minimum atomic E-state index is -0.517. The molecule has 0 unspecified atom stereocenters. The number of H-pyrrole nitrogens is 1. The summed E-state index contributed by atoms with van der Waals surface area (Å²) in [5.74, 6) is 0.524. The SMILES string of the molecule is O=C1O[C@@H](CNc2ccon2)CN1c1ccc(-c2ncc[nH]2)c(F)c1. The van der Waals surface area contributed by atoms with Crippen molar-refractivity contribution in [3.05, 3.63) is 48.7 Å². The van der Waals surface area contributed by atoms with Gasteiger partial charge in [0.15, 0.2) is 5.82 Å². The monoisotopic (exact) mass is 343 g/mol. The Kier molecular flexibility index (Phi) is 3.81. The highest BCUT2D eigenvalue weighted by Crippen LogP contribution is 2.27. The number of amides is 1. The third-order valence-corrected chi connectivity index (χ3v) is 3.84. The number of aromatic amines is 1. The van der Waals surface area contributed by atoms with Crippen molar-refractivity contribution >= 4 is 17.6 Å². The van der Waals surface area contributed by atoms with Crippen LogP contribution in [0.3, 0.4) is 0 Å². The van der Waals surface area contributed by atoms with Gasteiger partial charge >= 0.3 is 6.09 Å². The first-order valence-corrected chi connectivity index (χ1v) is 7.62. The third-order valence-electron chi connectivity index (χ3n) is 3.84. The first-order valence-electron chi connectivity index (χ1n) is 7.62. The summed E-state index contributed by atoms with van der Waals surface area (Å²) in [4.78, 5) is 20.3. The molecule has 2 N–H and O–H groups in total. The number of hydrogen-bond donors (Lipinski definition) is 2. The fourth-order valence-electron chi connectivity index (χ4n) is 2.64. The zero-order valence-corrected chi connectivity index (χ0v) is 13.0. The highest BCUT2D eigenvalue weighted by molar-refractivity contribution is 5.90. The van der Waals surface area contributed by atoms with Crippen molar-refractivity contribution in [2.75, 3.05) is 23.3 Å². The maximum atomic E-state index is 14.4. The summed E-state index contributed by atoms with van der Waals surface area (Å²) in [6, 6.07) is 6.21. The van der Waals surface area contributed by atoms with Crippen molar-refractivity contribution in [2.45, 2.75) is 6.10 Å². The summed E-state index contributed by atoms with van der Waals surface area (Å²) < 4.78 is 24.4. The molecule has 0 saturated carbocycles. The molecular weight excluding hydrogens is 329 g/mol. The number of halogens is 1. The largest absolute Gasteiger partial charge is 0.442 e. The second kappa shape index (κ2) is 6.27. The van der Waals surface area contributed by atoms with Gasteiger partial charge in [0.25, 0.3) is 0 Å². The van der Waals surface area contributed by atoms with Gasteiger partial charge in [-0.05, 0) is 18.2 Å². The number of aromatic nitrogens is 3. The maximum absolute atomic E-state index is 14.4. The van der Waals surface area contributed by atoms with E-state index in [2.05, 4.69) is 20.4 Å². The van der Waals surface area contributed by atoms with E-state index in [4.69, 9.17) is 9.26 Å². The van der Waals surface area contributed by atoms with Crippen molar-refractivity contribution in [3.63, 3.8) is 0 Å². The molecule has 1 aromatic carbocycles. The lowest BCUT2D eigenvalue weighted by atomic mass is 10.1. The van der Waals surface area contributed by atoms with Gasteiger partial charge in [0.1, 0.15) is 24.0 Å². The van der Waals surface area contributed by atoms with Gasteiger partial charge < -0.3 is 19.6 Å². The van der Waals surface area contributed by atoms with E-state index in [0.29, 0.717) is 36.0 Å². The second-order valence-electron chi connectivity index (χ2n) is 5.48. The van der Waals surface area contributed by atoms with Gasteiger partial charge in [0.05, 0.1) is 24.3 Å². The Balaban J connectivity index is 1.46. The Bertz CT molecular complexity index is 866. The average molecular weight is 343 g/mol. The summed E-state index contributed by atoms with van der Waals surface area (Å²) in [6.45, 7) is 0.685. The molecule has 0 bridgehead atoms. The van der Waals surface area contributed by atoms with E-state index in [-0.39, 0.29) is 6.10 Å². The van der Waals surface area contributed by atoms with Gasteiger partial charge in [-0.25, -0.2) is 14.2 Å². The van der Waals surface area contributed by atoms with E-state index in [1.54, 1.807) is 30.6 Å². The number of benzene rings is 1. The Morgan fingerprint density at radius 2 is 2.32 bits per heavy atom. The van der Waals surface area contributed by atoms with E-state index < -0.39 is 11.9 Å². The zero-order valence-electron chi connectivity index (χ0n) is 13.0. The Morgan fingerprint density at radius 1 is 1.40 bits per heavy atom. The highest BCUT2D eigenvalue weighted by atomic mass is 19.1. The Hall–Kier alpha value is -3.36. The number of cyclic esters (lactones) is 1. The van der Waals surface area contributed by atoms with Gasteiger partial charge in [-0.3, -0.25) is 4.90 Å². The molecule has 2 aromatic heterocycles. The lowest BCUT2D eigenvalue weighted by molar-refractivity contribution is 0.147. The minimum Gasteiger partial charge on any atom is -0.442 e. The molecule has 3 aromatic rings. The minimum absolute atomic E-state index is 0.309. The van der Waals surface area contributed by atoms with E-state index in [0.717, 1.165) is 0 Å². The van der Waals surface area contributed by atoms with Crippen LogP contribution in [0.1, 0.15) is 0 Å². The molecular formula is C16H14FN5O3. The van der Waals surface area contributed by atoms with Crippen LogP contribution >= 0.6 is 0 Å². The molecule has 1 aliphatic rings. The van der Waals surface area contributed by atoms with Crippen LogP contribution in [0, 0.1) is 5.82 Å². The topological polar surface area (TPSA) is 96.3 Å². The Labute approximate surface area is 141 Å². The molecule has 0 aliphatic carbocycles. The highest BCUT2D eigenvalue weighted by Gasteiger charge is 2.32. The number of nitrogens with one attached hydrogen (secondary N) is 2. The average Bonchev–Trinajstić information content (AvgIpc) is 3.35. The molecule has 1 amide bonds. The predicted octanol–water partition coefficient (Wildman–Crippen LogP) is 2.64. The summed E-state index contributed by atoms with van der Waals surface area (Å²) in [5.41, 5.74) is 0.771. The summed E-state index contributed by atoms with van der Waals surface area (Å²) >= 11 is 0. The smallest absolute Gasteiger partial charge is 0.414 e. The number of carbonyl (C=O) groups excluding carboxylic acids is 1. The van der Waals surface area contributed by atoms with Crippen LogP contribution in [0.2, 0.25) is 0 Å². The fourth-order valence-corrected chi connectivity index (χ4v) is 2.64. The molecule has 1 fully saturated rings. The molecule has 0 radical (unpaired) electrons. The van der Waals surface area contributed by atoms with E-state index >= 15 is 0 Å². The van der Waals surface area contributed by atoms with Crippen molar-refractivity contribution in [1.82, 2.24) is 15.1 Å². The number of rotatable bonds is 5. The second-order valence-corrected chi connectivity index (χ2v) is 5.48. The van der Waals surface area contributed by atoms with Gasteiger partial charge in [0.2, 0.25) is 0 Å². The number of anilines is 2. The van der Waals surface area contributed by atoms with Crippen LogP contribution in [0.15, 0.2) is 47.4 Å². The molecule has 9 heteroatoms. The molecule has 8 nitrogen and oxygen atoms in total. The van der Waals surface area contributed by atoms with Crippen LogP contribution in [0.4, 0.5) is 20.7 Å². The Morgan fingerprint density at radius 3 is 3.04 bits per heavy atom. The number of hydrogen-bond acceptors (Lipinski definition) is 6. The maximum Gasteiger partial charge on any atom is 0.414 e. The lowest BCUT2D eigenvalue weighted by Gasteiger charge is -2.14. The van der Waals surface area contributed by atoms with Gasteiger partial charge in [-0.2, -0.15) is 0 Å². The lowest BCUT2D eigenvalue weighted by Crippen LogP contribution is -2.27. The summed E-state index contributed by atoms with van der Waals surface area (Å²) in [5, 5.41) is 6.72. The summed E-state index contributed by atoms with van der Waals surface area (Å²) in [7, 11) is 0. The van der Waals surface area contributed by atoms with Crippen molar-refractivity contribution in [2.24, 2.45) is 0 Å². The van der Waals surface area contributed by atoms with Crippen LogP contribution in [0.25, 0.3) is 11.4 Å². The van der Waals surface area contributed by atoms with Crippen molar-refractivity contribution < 1.29 is 18.4 Å². The molecule has 1 saturated heterocycles. The van der Waals surface area contributed by atoms with Gasteiger partial charge in [0, 0.05) is 18.5 Å².